The third-order valence-electron chi connectivity index (χ3n) is 2.83. The number of nitrogens with one attached hydrogen (secondary N) is 1. The topological polar surface area (TPSA) is 34.1 Å². The predicted octanol–water partition coefficient (Wildman–Crippen LogP) is 2.76. The molecule has 3 nitrogen and oxygen atoms in total. The molecule has 1 aliphatic heterocycles. The third kappa shape index (κ3) is 3.76. The lowest BCUT2D eigenvalue weighted by molar-refractivity contribution is 0.260. The summed E-state index contributed by atoms with van der Waals surface area (Å²) in [4.78, 5) is 4.17. The van der Waals surface area contributed by atoms with Crippen LogP contribution in [0.25, 0.3) is 0 Å². The van der Waals surface area contributed by atoms with E-state index in [0.29, 0.717) is 11.9 Å². The quantitative estimate of drug-likeness (QED) is 0.923. The van der Waals surface area contributed by atoms with Gasteiger partial charge in [-0.2, -0.15) is 0 Å². The van der Waals surface area contributed by atoms with Crippen LogP contribution in [0, 0.1) is 0 Å². The molecule has 0 amide bonds. The van der Waals surface area contributed by atoms with Crippen molar-refractivity contribution in [1.29, 1.82) is 0 Å². The molecule has 1 fully saturated rings. The van der Waals surface area contributed by atoms with E-state index in [1.807, 2.05) is 12.1 Å². The molecule has 1 N–H and O–H groups in total. The first-order valence-corrected chi connectivity index (χ1v) is 6.61. The molecule has 1 atom stereocenters. The Hall–Kier alpha value is -0.610. The lowest BCUT2D eigenvalue weighted by Crippen LogP contribution is -2.35. The summed E-state index contributed by atoms with van der Waals surface area (Å²) >= 11 is 3.35. The van der Waals surface area contributed by atoms with Gasteiger partial charge in [-0.3, -0.25) is 0 Å². The van der Waals surface area contributed by atoms with Crippen molar-refractivity contribution < 1.29 is 4.74 Å². The lowest BCUT2D eigenvalue weighted by Gasteiger charge is -2.23. The van der Waals surface area contributed by atoms with E-state index in [0.717, 1.165) is 24.0 Å². The fourth-order valence-corrected chi connectivity index (χ4v) is 2.16. The summed E-state index contributed by atoms with van der Waals surface area (Å²) in [6, 6.07) is 4.46. The van der Waals surface area contributed by atoms with Gasteiger partial charge in [-0.25, -0.2) is 4.98 Å². The zero-order valence-corrected chi connectivity index (χ0v) is 10.9. The van der Waals surface area contributed by atoms with Crippen LogP contribution in [0.5, 0.6) is 5.88 Å². The number of piperidine rings is 1. The maximum atomic E-state index is 5.59. The van der Waals surface area contributed by atoms with E-state index in [1.165, 1.54) is 19.3 Å². The molecule has 16 heavy (non-hydrogen) atoms. The van der Waals surface area contributed by atoms with Crippen molar-refractivity contribution in [1.82, 2.24) is 10.3 Å². The van der Waals surface area contributed by atoms with Crippen LogP contribution < -0.4 is 10.1 Å². The fourth-order valence-electron chi connectivity index (χ4n) is 1.92. The number of hydrogen-bond donors (Lipinski definition) is 1. The summed E-state index contributed by atoms with van der Waals surface area (Å²) in [6.45, 7) is 1.90. The van der Waals surface area contributed by atoms with Crippen LogP contribution in [-0.4, -0.2) is 24.2 Å². The SMILES string of the molecule is Brc1ccc(OCCC2CCCCN2)nc1. The van der Waals surface area contributed by atoms with Crippen molar-refractivity contribution in [3.63, 3.8) is 0 Å². The molecule has 1 aromatic rings. The van der Waals surface area contributed by atoms with Gasteiger partial charge in [0.05, 0.1) is 6.61 Å². The lowest BCUT2D eigenvalue weighted by atomic mass is 10.0. The summed E-state index contributed by atoms with van der Waals surface area (Å²) in [5.41, 5.74) is 0. The minimum atomic E-state index is 0.629. The monoisotopic (exact) mass is 284 g/mol. The summed E-state index contributed by atoms with van der Waals surface area (Å²) in [6.07, 6.45) is 6.75. The first-order valence-electron chi connectivity index (χ1n) is 5.82. The molecule has 0 bridgehead atoms. The molecule has 1 aromatic heterocycles. The summed E-state index contributed by atoms with van der Waals surface area (Å²) in [7, 11) is 0. The van der Waals surface area contributed by atoms with Crippen LogP contribution in [0.15, 0.2) is 22.8 Å². The average Bonchev–Trinajstić information content (AvgIpc) is 2.33. The highest BCUT2D eigenvalue weighted by molar-refractivity contribution is 9.10. The standard InChI is InChI=1S/C12H17BrN2O/c13-10-4-5-12(15-9-10)16-8-6-11-3-1-2-7-14-11/h4-5,9,11,14H,1-3,6-8H2. The highest BCUT2D eigenvalue weighted by Crippen LogP contribution is 2.14. The smallest absolute Gasteiger partial charge is 0.213 e. The molecule has 0 aromatic carbocycles. The highest BCUT2D eigenvalue weighted by atomic mass is 79.9. The second-order valence-corrected chi connectivity index (χ2v) is 5.01. The normalized spacial score (nSPS) is 20.7. The molecule has 2 rings (SSSR count). The van der Waals surface area contributed by atoms with E-state index in [2.05, 4.69) is 26.2 Å². The Bertz CT molecular complexity index is 309. The van der Waals surface area contributed by atoms with Crippen LogP contribution in [0.1, 0.15) is 25.7 Å². The van der Waals surface area contributed by atoms with Gasteiger partial charge < -0.3 is 10.1 Å². The van der Waals surface area contributed by atoms with Crippen molar-refractivity contribution in [3.05, 3.63) is 22.8 Å². The number of aromatic nitrogens is 1. The second kappa shape index (κ2) is 6.21. The number of rotatable bonds is 4. The first kappa shape index (κ1) is 11.9. The molecule has 0 spiro atoms. The van der Waals surface area contributed by atoms with Gasteiger partial charge in [-0.05, 0) is 47.8 Å². The minimum absolute atomic E-state index is 0.629. The van der Waals surface area contributed by atoms with Gasteiger partial charge in [-0.1, -0.05) is 6.42 Å². The Morgan fingerprint density at radius 2 is 2.38 bits per heavy atom. The number of nitrogens with zero attached hydrogens (tertiary/aromatic N) is 1. The fraction of sp³-hybridized carbons (Fsp3) is 0.583. The van der Waals surface area contributed by atoms with E-state index in [4.69, 9.17) is 4.74 Å². The van der Waals surface area contributed by atoms with Crippen molar-refractivity contribution in [2.45, 2.75) is 31.7 Å². The van der Waals surface area contributed by atoms with Gasteiger partial charge in [0.25, 0.3) is 0 Å². The van der Waals surface area contributed by atoms with Gasteiger partial charge in [-0.15, -0.1) is 0 Å². The van der Waals surface area contributed by atoms with E-state index in [9.17, 15) is 0 Å². The molecule has 0 saturated carbocycles. The number of ether oxygens (including phenoxy) is 1. The molecular formula is C12H17BrN2O. The molecule has 0 aliphatic carbocycles. The molecular weight excluding hydrogens is 268 g/mol. The summed E-state index contributed by atoms with van der Waals surface area (Å²) in [5, 5.41) is 3.51. The van der Waals surface area contributed by atoms with Crippen molar-refractivity contribution >= 4 is 15.9 Å². The van der Waals surface area contributed by atoms with Crippen LogP contribution in [0.4, 0.5) is 0 Å². The Kier molecular flexibility index (Phi) is 4.60. The molecule has 88 valence electrons. The molecule has 1 saturated heterocycles. The van der Waals surface area contributed by atoms with E-state index in [1.54, 1.807) is 6.20 Å². The summed E-state index contributed by atoms with van der Waals surface area (Å²) < 4.78 is 6.57. The van der Waals surface area contributed by atoms with E-state index in [-0.39, 0.29) is 0 Å². The van der Waals surface area contributed by atoms with E-state index >= 15 is 0 Å². The first-order chi connectivity index (χ1) is 7.84. The second-order valence-electron chi connectivity index (χ2n) is 4.10. The van der Waals surface area contributed by atoms with Crippen molar-refractivity contribution in [2.75, 3.05) is 13.2 Å². The number of pyridine rings is 1. The number of halogens is 1. The van der Waals surface area contributed by atoms with E-state index < -0.39 is 0 Å². The zero-order chi connectivity index (χ0) is 11.2. The molecule has 2 heterocycles. The van der Waals surface area contributed by atoms with Gasteiger partial charge in [0.2, 0.25) is 5.88 Å². The Labute approximate surface area is 105 Å². The van der Waals surface area contributed by atoms with Crippen LogP contribution in [-0.2, 0) is 0 Å². The molecule has 1 unspecified atom stereocenters. The largest absolute Gasteiger partial charge is 0.478 e. The predicted molar refractivity (Wildman–Crippen MR) is 67.7 cm³/mol. The Morgan fingerprint density at radius 3 is 3.06 bits per heavy atom. The average molecular weight is 285 g/mol. The number of hydrogen-bond acceptors (Lipinski definition) is 3. The van der Waals surface area contributed by atoms with Crippen molar-refractivity contribution in [3.8, 4) is 5.88 Å². The van der Waals surface area contributed by atoms with Gasteiger partial charge in [0, 0.05) is 22.8 Å². The maximum Gasteiger partial charge on any atom is 0.213 e. The highest BCUT2D eigenvalue weighted by Gasteiger charge is 2.11. The summed E-state index contributed by atoms with van der Waals surface area (Å²) in [5.74, 6) is 0.707. The van der Waals surface area contributed by atoms with Crippen LogP contribution >= 0.6 is 15.9 Å². The third-order valence-corrected chi connectivity index (χ3v) is 3.30. The molecule has 1 aliphatic rings. The van der Waals surface area contributed by atoms with Crippen LogP contribution in [0.3, 0.4) is 0 Å². The van der Waals surface area contributed by atoms with Gasteiger partial charge >= 0.3 is 0 Å². The van der Waals surface area contributed by atoms with Crippen molar-refractivity contribution in [2.24, 2.45) is 0 Å². The minimum Gasteiger partial charge on any atom is -0.478 e. The maximum absolute atomic E-state index is 5.59. The Balaban J connectivity index is 1.69. The zero-order valence-electron chi connectivity index (χ0n) is 9.29. The van der Waals surface area contributed by atoms with Crippen LogP contribution in [0.2, 0.25) is 0 Å². The van der Waals surface area contributed by atoms with Gasteiger partial charge in [0.15, 0.2) is 0 Å². The molecule has 4 heteroatoms. The Morgan fingerprint density at radius 1 is 1.44 bits per heavy atom. The van der Waals surface area contributed by atoms with Gasteiger partial charge in [0.1, 0.15) is 0 Å². The molecule has 0 radical (unpaired) electrons.